The molecule has 1 saturated carbocycles. The Morgan fingerprint density at radius 1 is 0.833 bits per heavy atom. The summed E-state index contributed by atoms with van der Waals surface area (Å²) in [6, 6.07) is 28.5. The minimum Gasteiger partial charge on any atom is -0.343 e. The van der Waals surface area contributed by atoms with Crippen LogP contribution in [0.4, 0.5) is 0 Å². The molecule has 1 aliphatic carbocycles. The van der Waals surface area contributed by atoms with Gasteiger partial charge >= 0.3 is 0 Å². The molecule has 30 heavy (non-hydrogen) atoms. The summed E-state index contributed by atoms with van der Waals surface area (Å²) in [5.41, 5.74) is 3.98. The van der Waals surface area contributed by atoms with Gasteiger partial charge in [-0.15, -0.1) is 0 Å². The van der Waals surface area contributed by atoms with Crippen LogP contribution in [0.25, 0.3) is 11.1 Å². The lowest BCUT2D eigenvalue weighted by Gasteiger charge is -2.44. The van der Waals surface area contributed by atoms with E-state index < -0.39 is 0 Å². The van der Waals surface area contributed by atoms with E-state index in [-0.39, 0.29) is 17.5 Å². The molecule has 0 heterocycles. The molecule has 0 aliphatic heterocycles. The first-order valence-corrected chi connectivity index (χ1v) is 10.8. The molecule has 3 aromatic rings. The molecule has 1 fully saturated rings. The first kappa shape index (κ1) is 20.4. The van der Waals surface area contributed by atoms with Crippen molar-refractivity contribution in [2.24, 2.45) is 0 Å². The van der Waals surface area contributed by atoms with Crippen molar-refractivity contribution >= 4 is 5.91 Å². The van der Waals surface area contributed by atoms with Gasteiger partial charge in [0.1, 0.15) is 0 Å². The number of rotatable bonds is 6. The average molecular weight is 399 g/mol. The van der Waals surface area contributed by atoms with Crippen LogP contribution < -0.4 is 5.32 Å². The predicted molar refractivity (Wildman–Crippen MR) is 123 cm³/mol. The first-order valence-electron chi connectivity index (χ1n) is 10.8. The second-order valence-corrected chi connectivity index (χ2v) is 8.47. The van der Waals surface area contributed by atoms with Crippen LogP contribution in [0.5, 0.6) is 0 Å². The Kier molecular flexibility index (Phi) is 6.01. The summed E-state index contributed by atoms with van der Waals surface area (Å²) in [6.45, 7) is 0. The average Bonchev–Trinajstić information content (AvgIpc) is 3.30. The van der Waals surface area contributed by atoms with Crippen molar-refractivity contribution in [3.63, 3.8) is 0 Å². The van der Waals surface area contributed by atoms with Crippen molar-refractivity contribution in [2.75, 3.05) is 14.1 Å². The number of amides is 1. The van der Waals surface area contributed by atoms with Crippen LogP contribution in [-0.2, 0) is 0 Å². The number of carbonyl (C=O) groups excluding carboxylic acids is 1. The predicted octanol–water partition coefficient (Wildman–Crippen LogP) is 5.70. The molecule has 0 saturated heterocycles. The molecule has 154 valence electrons. The molecule has 4 rings (SSSR count). The van der Waals surface area contributed by atoms with E-state index in [1.807, 2.05) is 42.5 Å². The maximum absolute atomic E-state index is 13.4. The Labute approximate surface area is 179 Å². The molecule has 1 unspecified atom stereocenters. The fourth-order valence-electron chi connectivity index (χ4n) is 4.84. The molecule has 1 amide bonds. The van der Waals surface area contributed by atoms with Crippen LogP contribution in [-0.4, -0.2) is 30.4 Å². The summed E-state index contributed by atoms with van der Waals surface area (Å²) in [5, 5.41) is 3.41. The van der Waals surface area contributed by atoms with Crippen LogP contribution in [0, 0.1) is 0 Å². The Morgan fingerprint density at radius 3 is 2.07 bits per heavy atom. The van der Waals surface area contributed by atoms with Crippen molar-refractivity contribution in [1.82, 2.24) is 10.2 Å². The van der Waals surface area contributed by atoms with Crippen molar-refractivity contribution < 1.29 is 4.79 Å². The molecule has 1 aliphatic rings. The van der Waals surface area contributed by atoms with Crippen molar-refractivity contribution in [2.45, 2.75) is 37.3 Å². The molecule has 0 radical (unpaired) electrons. The smallest absolute Gasteiger partial charge is 0.251 e. The third-order valence-corrected chi connectivity index (χ3v) is 6.54. The number of carbonyl (C=O) groups is 1. The van der Waals surface area contributed by atoms with Crippen LogP contribution in [0.2, 0.25) is 0 Å². The molecule has 0 bridgehead atoms. The van der Waals surface area contributed by atoms with Crippen molar-refractivity contribution in [1.29, 1.82) is 0 Å². The molecule has 1 N–H and O–H groups in total. The topological polar surface area (TPSA) is 32.3 Å². The van der Waals surface area contributed by atoms with Gasteiger partial charge in [0.05, 0.1) is 6.04 Å². The van der Waals surface area contributed by atoms with E-state index in [4.69, 9.17) is 0 Å². The van der Waals surface area contributed by atoms with E-state index in [1.54, 1.807) is 0 Å². The van der Waals surface area contributed by atoms with Crippen molar-refractivity contribution in [3.05, 3.63) is 96.1 Å². The second kappa shape index (κ2) is 8.85. The largest absolute Gasteiger partial charge is 0.343 e. The molecule has 1 atom stereocenters. The zero-order chi connectivity index (χ0) is 21.0. The van der Waals surface area contributed by atoms with Crippen molar-refractivity contribution in [3.8, 4) is 11.1 Å². The highest BCUT2D eigenvalue weighted by molar-refractivity contribution is 5.95. The standard InChI is InChI=1S/C27H30N2O/c1-29(2)27(18-9-10-19-27)25(22-14-7-4-8-15-22)28-26(30)24-17-11-16-23(20-24)21-12-5-3-6-13-21/h3-8,11-17,20,25H,9-10,18-19H2,1-2H3,(H,28,30). The summed E-state index contributed by atoms with van der Waals surface area (Å²) in [5.74, 6) is -0.0187. The third kappa shape index (κ3) is 4.03. The summed E-state index contributed by atoms with van der Waals surface area (Å²) in [4.78, 5) is 15.7. The summed E-state index contributed by atoms with van der Waals surface area (Å²) >= 11 is 0. The zero-order valence-corrected chi connectivity index (χ0v) is 17.8. The lowest BCUT2D eigenvalue weighted by molar-refractivity contribution is 0.0766. The number of nitrogens with one attached hydrogen (secondary N) is 1. The number of nitrogens with zero attached hydrogens (tertiary/aromatic N) is 1. The van der Waals surface area contributed by atoms with Crippen LogP contribution in [0.1, 0.15) is 47.6 Å². The molecule has 0 aromatic heterocycles. The molecule has 3 nitrogen and oxygen atoms in total. The normalized spacial score (nSPS) is 16.4. The van der Waals surface area contributed by atoms with Gasteiger partial charge in [-0.2, -0.15) is 0 Å². The van der Waals surface area contributed by atoms with Gasteiger partial charge in [-0.05, 0) is 55.8 Å². The highest BCUT2D eigenvalue weighted by Crippen LogP contribution is 2.43. The van der Waals surface area contributed by atoms with Crippen LogP contribution in [0.15, 0.2) is 84.9 Å². The van der Waals surface area contributed by atoms with Gasteiger partial charge < -0.3 is 10.2 Å². The lowest BCUT2D eigenvalue weighted by atomic mass is 9.82. The molecule has 0 spiro atoms. The van der Waals surface area contributed by atoms with Gasteiger partial charge in [0.15, 0.2) is 0 Å². The quantitative estimate of drug-likeness (QED) is 0.578. The maximum atomic E-state index is 13.4. The number of likely N-dealkylation sites (N-methyl/N-ethyl adjacent to an activating group) is 1. The van der Waals surface area contributed by atoms with Gasteiger partial charge in [0.2, 0.25) is 0 Å². The van der Waals surface area contributed by atoms with Gasteiger partial charge in [-0.3, -0.25) is 4.79 Å². The molecular formula is C27H30N2O. The van der Waals surface area contributed by atoms with Gasteiger partial charge in [-0.1, -0.05) is 85.6 Å². The minimum atomic E-state index is -0.0615. The maximum Gasteiger partial charge on any atom is 0.251 e. The monoisotopic (exact) mass is 398 g/mol. The summed E-state index contributed by atoms with van der Waals surface area (Å²) in [7, 11) is 4.28. The highest BCUT2D eigenvalue weighted by atomic mass is 16.1. The molecule has 3 heteroatoms. The first-order chi connectivity index (χ1) is 14.6. The van der Waals surface area contributed by atoms with E-state index in [0.29, 0.717) is 5.56 Å². The van der Waals surface area contributed by atoms with Crippen LogP contribution in [0.3, 0.4) is 0 Å². The van der Waals surface area contributed by atoms with Crippen LogP contribution >= 0.6 is 0 Å². The molecular weight excluding hydrogens is 368 g/mol. The number of benzene rings is 3. The van der Waals surface area contributed by atoms with Gasteiger partial charge in [0, 0.05) is 11.1 Å². The SMILES string of the molecule is CN(C)C1(C(NC(=O)c2cccc(-c3ccccc3)c2)c2ccccc2)CCCC1. The second-order valence-electron chi connectivity index (χ2n) is 8.47. The Morgan fingerprint density at radius 2 is 1.43 bits per heavy atom. The Hall–Kier alpha value is -2.91. The minimum absolute atomic E-state index is 0.0187. The third-order valence-electron chi connectivity index (χ3n) is 6.54. The summed E-state index contributed by atoms with van der Waals surface area (Å²) < 4.78 is 0. The van der Waals surface area contributed by atoms with E-state index in [1.165, 1.54) is 18.4 Å². The fraction of sp³-hybridized carbons (Fsp3) is 0.296. The Bertz CT molecular complexity index is 976. The summed E-state index contributed by atoms with van der Waals surface area (Å²) in [6.07, 6.45) is 4.57. The Balaban J connectivity index is 1.66. The molecule has 3 aromatic carbocycles. The van der Waals surface area contributed by atoms with E-state index in [9.17, 15) is 4.79 Å². The number of hydrogen-bond acceptors (Lipinski definition) is 2. The number of hydrogen-bond donors (Lipinski definition) is 1. The highest BCUT2D eigenvalue weighted by Gasteiger charge is 2.44. The van der Waals surface area contributed by atoms with E-state index in [0.717, 1.165) is 24.0 Å². The lowest BCUT2D eigenvalue weighted by Crippen LogP contribution is -2.53. The van der Waals surface area contributed by atoms with E-state index >= 15 is 0 Å². The fourth-order valence-corrected chi connectivity index (χ4v) is 4.84. The zero-order valence-electron chi connectivity index (χ0n) is 17.8. The van der Waals surface area contributed by atoms with E-state index in [2.05, 4.69) is 66.8 Å². The van der Waals surface area contributed by atoms with Gasteiger partial charge in [-0.25, -0.2) is 0 Å². The van der Waals surface area contributed by atoms with Gasteiger partial charge in [0.25, 0.3) is 5.91 Å².